The van der Waals surface area contributed by atoms with Gasteiger partial charge in [-0.1, -0.05) is 6.92 Å². The van der Waals surface area contributed by atoms with Crippen LogP contribution in [0.5, 0.6) is 0 Å². The lowest BCUT2D eigenvalue weighted by Crippen LogP contribution is -2.43. The Morgan fingerprint density at radius 3 is 2.87 bits per heavy atom. The van der Waals surface area contributed by atoms with Gasteiger partial charge in [0.15, 0.2) is 0 Å². The number of rotatable bonds is 6. The van der Waals surface area contributed by atoms with Crippen molar-refractivity contribution < 1.29 is 9.84 Å². The van der Waals surface area contributed by atoms with Crippen LogP contribution in [0, 0.1) is 0 Å². The highest BCUT2D eigenvalue weighted by atomic mass is 16.5. The molecule has 2 N–H and O–H groups in total. The van der Waals surface area contributed by atoms with Gasteiger partial charge < -0.3 is 15.2 Å². The summed E-state index contributed by atoms with van der Waals surface area (Å²) in [4.78, 5) is 2.21. The van der Waals surface area contributed by atoms with Crippen molar-refractivity contribution >= 4 is 0 Å². The standard InChI is InChI=1S/C11H24N2O2/c1-4-12-7-10(14)8-13(3)11-5-6-15-9(11)2/h9-12,14H,4-8H2,1-3H3. The predicted octanol–water partition coefficient (Wildman–Crippen LogP) is 0.0660. The fourth-order valence-electron chi connectivity index (χ4n) is 2.14. The molecule has 4 nitrogen and oxygen atoms in total. The first-order valence-electron chi connectivity index (χ1n) is 5.85. The molecule has 0 saturated carbocycles. The van der Waals surface area contributed by atoms with Crippen LogP contribution in [-0.2, 0) is 4.74 Å². The molecular weight excluding hydrogens is 192 g/mol. The number of aliphatic hydroxyl groups excluding tert-OH is 1. The van der Waals surface area contributed by atoms with Crippen molar-refractivity contribution in [3.63, 3.8) is 0 Å². The van der Waals surface area contributed by atoms with Gasteiger partial charge in [0, 0.05) is 25.7 Å². The Kier molecular flexibility index (Phi) is 5.53. The summed E-state index contributed by atoms with van der Waals surface area (Å²) in [6.45, 7) is 7.28. The topological polar surface area (TPSA) is 44.7 Å². The van der Waals surface area contributed by atoms with Crippen molar-refractivity contribution in [2.75, 3.05) is 33.3 Å². The van der Waals surface area contributed by atoms with Gasteiger partial charge in [0.05, 0.1) is 12.2 Å². The van der Waals surface area contributed by atoms with Crippen molar-refractivity contribution in [3.05, 3.63) is 0 Å². The van der Waals surface area contributed by atoms with Crippen LogP contribution in [-0.4, -0.2) is 61.5 Å². The van der Waals surface area contributed by atoms with Gasteiger partial charge in [0.2, 0.25) is 0 Å². The van der Waals surface area contributed by atoms with Crippen LogP contribution in [0.1, 0.15) is 20.3 Å². The van der Waals surface area contributed by atoms with Gasteiger partial charge in [-0.2, -0.15) is 0 Å². The van der Waals surface area contributed by atoms with E-state index in [-0.39, 0.29) is 6.10 Å². The monoisotopic (exact) mass is 216 g/mol. The first-order chi connectivity index (χ1) is 7.15. The number of hydrogen-bond acceptors (Lipinski definition) is 4. The molecule has 1 heterocycles. The molecule has 1 rings (SSSR count). The zero-order chi connectivity index (χ0) is 11.3. The van der Waals surface area contributed by atoms with E-state index in [4.69, 9.17) is 4.74 Å². The van der Waals surface area contributed by atoms with E-state index in [1.54, 1.807) is 0 Å². The Balaban J connectivity index is 2.24. The van der Waals surface area contributed by atoms with E-state index in [9.17, 15) is 5.11 Å². The Bertz CT molecular complexity index is 178. The Hall–Kier alpha value is -0.160. The minimum Gasteiger partial charge on any atom is -0.390 e. The molecule has 90 valence electrons. The molecule has 3 atom stereocenters. The Morgan fingerprint density at radius 2 is 2.33 bits per heavy atom. The number of likely N-dealkylation sites (N-methyl/N-ethyl adjacent to an activating group) is 2. The zero-order valence-electron chi connectivity index (χ0n) is 10.1. The summed E-state index contributed by atoms with van der Waals surface area (Å²) in [5, 5.41) is 12.9. The van der Waals surface area contributed by atoms with Crippen LogP contribution < -0.4 is 5.32 Å². The Morgan fingerprint density at radius 1 is 1.60 bits per heavy atom. The second-order valence-corrected chi connectivity index (χ2v) is 4.33. The lowest BCUT2D eigenvalue weighted by molar-refractivity contribution is 0.0583. The Labute approximate surface area is 92.6 Å². The first kappa shape index (κ1) is 12.9. The van der Waals surface area contributed by atoms with E-state index in [2.05, 4.69) is 24.2 Å². The zero-order valence-corrected chi connectivity index (χ0v) is 10.1. The minimum absolute atomic E-state index is 0.289. The van der Waals surface area contributed by atoms with Crippen LogP contribution >= 0.6 is 0 Å². The van der Waals surface area contributed by atoms with Crippen LogP contribution in [0.15, 0.2) is 0 Å². The number of aliphatic hydroxyl groups is 1. The van der Waals surface area contributed by atoms with Gasteiger partial charge in [-0.15, -0.1) is 0 Å². The van der Waals surface area contributed by atoms with E-state index in [1.807, 2.05) is 6.92 Å². The highest BCUT2D eigenvalue weighted by Gasteiger charge is 2.28. The van der Waals surface area contributed by atoms with Crippen molar-refractivity contribution in [2.24, 2.45) is 0 Å². The summed E-state index contributed by atoms with van der Waals surface area (Å²) < 4.78 is 5.51. The maximum Gasteiger partial charge on any atom is 0.0791 e. The lowest BCUT2D eigenvalue weighted by Gasteiger charge is -2.28. The second-order valence-electron chi connectivity index (χ2n) is 4.33. The predicted molar refractivity (Wildman–Crippen MR) is 61.0 cm³/mol. The average molecular weight is 216 g/mol. The average Bonchev–Trinajstić information content (AvgIpc) is 2.61. The quantitative estimate of drug-likeness (QED) is 0.659. The van der Waals surface area contributed by atoms with Gasteiger partial charge in [-0.25, -0.2) is 0 Å². The molecule has 15 heavy (non-hydrogen) atoms. The summed E-state index contributed by atoms with van der Waals surface area (Å²) in [5.74, 6) is 0. The third-order valence-corrected chi connectivity index (χ3v) is 3.03. The maximum absolute atomic E-state index is 9.75. The SMILES string of the molecule is CCNCC(O)CN(C)C1CCOC1C. The number of nitrogens with zero attached hydrogens (tertiary/aromatic N) is 1. The molecule has 4 heteroatoms. The van der Waals surface area contributed by atoms with Gasteiger partial charge >= 0.3 is 0 Å². The summed E-state index contributed by atoms with van der Waals surface area (Å²) in [6, 6.07) is 0.460. The largest absolute Gasteiger partial charge is 0.390 e. The van der Waals surface area contributed by atoms with Crippen molar-refractivity contribution in [2.45, 2.75) is 38.5 Å². The molecule has 0 aromatic carbocycles. The van der Waals surface area contributed by atoms with E-state index in [0.29, 0.717) is 25.2 Å². The lowest BCUT2D eigenvalue weighted by atomic mass is 10.1. The second kappa shape index (κ2) is 6.43. The van der Waals surface area contributed by atoms with E-state index < -0.39 is 0 Å². The van der Waals surface area contributed by atoms with E-state index >= 15 is 0 Å². The van der Waals surface area contributed by atoms with Gasteiger partial charge in [0.25, 0.3) is 0 Å². The molecule has 0 spiro atoms. The highest BCUT2D eigenvalue weighted by molar-refractivity contribution is 4.81. The molecule has 0 bridgehead atoms. The summed E-state index contributed by atoms with van der Waals surface area (Å²) in [7, 11) is 2.06. The van der Waals surface area contributed by atoms with E-state index in [0.717, 1.165) is 19.6 Å². The fourth-order valence-corrected chi connectivity index (χ4v) is 2.14. The molecule has 1 fully saturated rings. The molecule has 1 aliphatic heterocycles. The number of hydrogen-bond donors (Lipinski definition) is 2. The van der Waals surface area contributed by atoms with Crippen LogP contribution in [0.25, 0.3) is 0 Å². The molecular formula is C11H24N2O2. The van der Waals surface area contributed by atoms with Crippen LogP contribution in [0.3, 0.4) is 0 Å². The highest BCUT2D eigenvalue weighted by Crippen LogP contribution is 2.18. The number of nitrogens with one attached hydrogen (secondary N) is 1. The van der Waals surface area contributed by atoms with Gasteiger partial charge in [0.1, 0.15) is 0 Å². The normalized spacial score (nSPS) is 28.6. The molecule has 0 amide bonds. The molecule has 0 radical (unpaired) electrons. The molecule has 0 aliphatic carbocycles. The van der Waals surface area contributed by atoms with Crippen LogP contribution in [0.2, 0.25) is 0 Å². The van der Waals surface area contributed by atoms with Gasteiger partial charge in [-0.05, 0) is 26.9 Å². The molecule has 1 saturated heterocycles. The van der Waals surface area contributed by atoms with Crippen LogP contribution in [0.4, 0.5) is 0 Å². The van der Waals surface area contributed by atoms with Crippen molar-refractivity contribution in [1.82, 2.24) is 10.2 Å². The number of ether oxygens (including phenoxy) is 1. The third kappa shape index (κ3) is 4.07. The summed E-state index contributed by atoms with van der Waals surface area (Å²) in [6.07, 6.45) is 1.08. The van der Waals surface area contributed by atoms with Crippen molar-refractivity contribution in [3.8, 4) is 0 Å². The summed E-state index contributed by atoms with van der Waals surface area (Å²) in [5.41, 5.74) is 0. The maximum atomic E-state index is 9.75. The molecule has 0 aromatic rings. The molecule has 0 aromatic heterocycles. The van der Waals surface area contributed by atoms with E-state index in [1.165, 1.54) is 0 Å². The first-order valence-corrected chi connectivity index (χ1v) is 5.85. The summed E-state index contributed by atoms with van der Waals surface area (Å²) >= 11 is 0. The molecule has 1 aliphatic rings. The van der Waals surface area contributed by atoms with Gasteiger partial charge in [-0.3, -0.25) is 4.90 Å². The smallest absolute Gasteiger partial charge is 0.0791 e. The van der Waals surface area contributed by atoms with Crippen molar-refractivity contribution in [1.29, 1.82) is 0 Å². The fraction of sp³-hybridized carbons (Fsp3) is 1.00. The minimum atomic E-state index is -0.289. The molecule has 3 unspecified atom stereocenters. The third-order valence-electron chi connectivity index (χ3n) is 3.03.